The summed E-state index contributed by atoms with van der Waals surface area (Å²) in [7, 11) is 0. The zero-order valence-electron chi connectivity index (χ0n) is 39.9. The molecule has 16 atom stereocenters. The highest BCUT2D eigenvalue weighted by Crippen LogP contribution is 2.76. The number of rotatable bonds is 14. The fraction of sp³-hybridized carbons (Fsp3) is 0.875. The largest absolute Gasteiger partial charge is 0.463 e. The van der Waals surface area contributed by atoms with Gasteiger partial charge in [-0.05, 0) is 84.4 Å². The fourth-order valence-corrected chi connectivity index (χ4v) is 13.9. The molecule has 4 saturated carbocycles. The van der Waals surface area contributed by atoms with Crippen molar-refractivity contribution in [3.8, 4) is 0 Å². The molecule has 0 spiro atoms. The van der Waals surface area contributed by atoms with Crippen molar-refractivity contribution in [1.82, 2.24) is 0 Å². The van der Waals surface area contributed by atoms with Crippen molar-refractivity contribution in [2.24, 2.45) is 57.2 Å². The standard InChI is InChI=1S/C48H76O14/c1-25(2)16-15-17-26(3)33-18-21-47(13)39(33)34(56-28(5)50)22-37-46(12)20-19-38(57-29(6)51)45(10,11)43(46)35(23-48(37,47)14)61-44-42(60-32(9)54)41(59-31(8)53)40(58-30(7)52)36(62-44)24-55-27(4)49/h25-26,33-44H,15-24H2,1-14H3/t26-,33-,34-,35+,36-,37-,38+,39+,40-,41+,42-,43+,44-,46-,47-,48-/m1/s1. The second-order valence-corrected chi connectivity index (χ2v) is 21.2. The van der Waals surface area contributed by atoms with Crippen molar-refractivity contribution in [2.75, 3.05) is 6.61 Å². The minimum Gasteiger partial charge on any atom is -0.463 e. The monoisotopic (exact) mass is 877 g/mol. The van der Waals surface area contributed by atoms with E-state index in [0.717, 1.165) is 32.1 Å². The third-order valence-electron chi connectivity index (χ3n) is 16.3. The molecule has 0 unspecified atom stereocenters. The Kier molecular flexibility index (Phi) is 15.3. The Morgan fingerprint density at radius 1 is 0.645 bits per heavy atom. The Bertz CT molecular complexity index is 1680. The van der Waals surface area contributed by atoms with Crippen LogP contribution >= 0.6 is 0 Å². The third-order valence-corrected chi connectivity index (χ3v) is 16.3. The first-order valence-electron chi connectivity index (χ1n) is 23.1. The molecule has 1 aliphatic heterocycles. The van der Waals surface area contributed by atoms with Crippen molar-refractivity contribution in [1.29, 1.82) is 0 Å². The van der Waals surface area contributed by atoms with Gasteiger partial charge in [0.15, 0.2) is 24.6 Å². The van der Waals surface area contributed by atoms with E-state index in [0.29, 0.717) is 43.4 Å². The first-order valence-corrected chi connectivity index (χ1v) is 23.1. The van der Waals surface area contributed by atoms with E-state index < -0.39 is 77.6 Å². The maximum atomic E-state index is 13.0. The molecule has 352 valence electrons. The summed E-state index contributed by atoms with van der Waals surface area (Å²) < 4.78 is 49.2. The summed E-state index contributed by atoms with van der Waals surface area (Å²) in [5, 5.41) is 0. The van der Waals surface area contributed by atoms with Gasteiger partial charge < -0.3 is 37.9 Å². The molecule has 0 radical (unpaired) electrons. The van der Waals surface area contributed by atoms with Gasteiger partial charge in [0.1, 0.15) is 24.9 Å². The number of fused-ring (bicyclic) bond motifs is 5. The van der Waals surface area contributed by atoms with Gasteiger partial charge in [-0.3, -0.25) is 28.8 Å². The van der Waals surface area contributed by atoms with Gasteiger partial charge in [0, 0.05) is 52.9 Å². The maximum Gasteiger partial charge on any atom is 0.303 e. The van der Waals surface area contributed by atoms with Gasteiger partial charge in [0.2, 0.25) is 0 Å². The van der Waals surface area contributed by atoms with Crippen LogP contribution in [0, 0.1) is 57.2 Å². The molecule has 1 saturated heterocycles. The second kappa shape index (κ2) is 19.1. The van der Waals surface area contributed by atoms with Crippen LogP contribution in [0.2, 0.25) is 0 Å². The molecule has 14 nitrogen and oxygen atoms in total. The molecule has 5 rings (SSSR count). The van der Waals surface area contributed by atoms with Crippen molar-refractivity contribution in [3.05, 3.63) is 0 Å². The zero-order valence-corrected chi connectivity index (χ0v) is 39.9. The fourth-order valence-electron chi connectivity index (χ4n) is 13.9. The van der Waals surface area contributed by atoms with E-state index in [-0.39, 0.29) is 53.2 Å². The van der Waals surface area contributed by atoms with E-state index >= 15 is 0 Å². The molecule has 5 aliphatic rings. The molecule has 0 amide bonds. The van der Waals surface area contributed by atoms with Gasteiger partial charge in [-0.15, -0.1) is 0 Å². The van der Waals surface area contributed by atoms with Crippen molar-refractivity contribution >= 4 is 35.8 Å². The normalized spacial score (nSPS) is 40.1. The van der Waals surface area contributed by atoms with Crippen LogP contribution in [-0.2, 0) is 66.7 Å². The Labute approximate surface area is 369 Å². The van der Waals surface area contributed by atoms with E-state index in [1.54, 1.807) is 0 Å². The number of carbonyl (C=O) groups excluding carboxylic acids is 6. The molecular formula is C48H76O14. The lowest BCUT2D eigenvalue weighted by Crippen LogP contribution is -2.71. The molecule has 0 N–H and O–H groups in total. The Balaban J connectivity index is 1.66. The summed E-state index contributed by atoms with van der Waals surface area (Å²) >= 11 is 0. The highest BCUT2D eigenvalue weighted by molar-refractivity contribution is 5.69. The molecule has 1 heterocycles. The molecule has 62 heavy (non-hydrogen) atoms. The van der Waals surface area contributed by atoms with Crippen molar-refractivity contribution in [2.45, 2.75) is 204 Å². The van der Waals surface area contributed by atoms with Crippen LogP contribution in [0.15, 0.2) is 0 Å². The first-order chi connectivity index (χ1) is 28.8. The van der Waals surface area contributed by atoms with E-state index in [9.17, 15) is 28.8 Å². The minimum absolute atomic E-state index is 0.0633. The number of hydrogen-bond acceptors (Lipinski definition) is 14. The highest BCUT2D eigenvalue weighted by atomic mass is 16.7. The molecule has 0 aromatic rings. The topological polar surface area (TPSA) is 176 Å². The molecule has 0 aromatic heterocycles. The van der Waals surface area contributed by atoms with Crippen LogP contribution in [0.25, 0.3) is 0 Å². The second-order valence-electron chi connectivity index (χ2n) is 21.2. The van der Waals surface area contributed by atoms with E-state index in [4.69, 9.17) is 37.9 Å². The quantitative estimate of drug-likeness (QED) is 0.0943. The zero-order chi connectivity index (χ0) is 46.3. The van der Waals surface area contributed by atoms with Crippen molar-refractivity contribution < 1.29 is 66.7 Å². The lowest BCUT2D eigenvalue weighted by molar-refractivity contribution is -0.348. The lowest BCUT2D eigenvalue weighted by Gasteiger charge is -2.72. The number of hydrogen-bond donors (Lipinski definition) is 0. The van der Waals surface area contributed by atoms with E-state index in [1.165, 1.54) is 41.5 Å². The van der Waals surface area contributed by atoms with Gasteiger partial charge in [-0.25, -0.2) is 0 Å². The van der Waals surface area contributed by atoms with Gasteiger partial charge in [0.05, 0.1) is 6.10 Å². The summed E-state index contributed by atoms with van der Waals surface area (Å²) in [4.78, 5) is 76.0. The summed E-state index contributed by atoms with van der Waals surface area (Å²) in [6, 6.07) is 0. The first kappa shape index (κ1) is 49.8. The molecule has 0 bridgehead atoms. The molecule has 5 fully saturated rings. The predicted octanol–water partition coefficient (Wildman–Crippen LogP) is 7.69. The molecule has 14 heteroatoms. The highest BCUT2D eigenvalue weighted by Gasteiger charge is 2.74. The van der Waals surface area contributed by atoms with Gasteiger partial charge in [-0.2, -0.15) is 0 Å². The Morgan fingerprint density at radius 2 is 1.23 bits per heavy atom. The van der Waals surface area contributed by atoms with Gasteiger partial charge in [0.25, 0.3) is 0 Å². The smallest absolute Gasteiger partial charge is 0.303 e. The average Bonchev–Trinajstić information content (AvgIpc) is 3.50. The van der Waals surface area contributed by atoms with E-state index in [1.807, 2.05) is 0 Å². The van der Waals surface area contributed by atoms with Crippen LogP contribution < -0.4 is 0 Å². The summed E-state index contributed by atoms with van der Waals surface area (Å²) in [6.45, 7) is 25.6. The van der Waals surface area contributed by atoms with Crippen LogP contribution in [0.5, 0.6) is 0 Å². The molecular weight excluding hydrogens is 801 g/mol. The lowest BCUT2D eigenvalue weighted by atomic mass is 9.34. The maximum absolute atomic E-state index is 13.0. The number of esters is 6. The minimum atomic E-state index is -1.40. The summed E-state index contributed by atoms with van der Waals surface area (Å²) in [5.74, 6) is -2.18. The van der Waals surface area contributed by atoms with E-state index in [2.05, 4.69) is 55.4 Å². The summed E-state index contributed by atoms with van der Waals surface area (Å²) in [6.07, 6.45) is -0.138. The van der Waals surface area contributed by atoms with Crippen molar-refractivity contribution in [3.63, 3.8) is 0 Å². The van der Waals surface area contributed by atoms with Crippen LogP contribution in [0.3, 0.4) is 0 Å². The van der Waals surface area contributed by atoms with Crippen LogP contribution in [0.1, 0.15) is 155 Å². The SMILES string of the molecule is CC(=O)OC[C@H]1O[C@@H](O[C@H]2C[C@]3(C)[C@H](C[C@@H](OC(C)=O)[C@@H]4[C@@H]([C@H](C)CCCC(C)C)CC[C@]43C)[C@@]3(C)CC[C@H](OC(C)=O)C(C)(C)[C@H]23)[C@H](OC(C)=O)[C@@H](OC(C)=O)[C@@H]1OC(C)=O. The number of carbonyl (C=O) groups is 6. The molecule has 0 aromatic carbocycles. The Morgan fingerprint density at radius 3 is 1.79 bits per heavy atom. The van der Waals surface area contributed by atoms with Gasteiger partial charge in [-0.1, -0.05) is 74.7 Å². The third kappa shape index (κ3) is 9.86. The van der Waals surface area contributed by atoms with Crippen LogP contribution in [-0.4, -0.2) is 91.4 Å². The Hall–Kier alpha value is -3.26. The van der Waals surface area contributed by atoms with Crippen LogP contribution in [0.4, 0.5) is 0 Å². The summed E-state index contributed by atoms with van der Waals surface area (Å²) in [5.41, 5.74) is -1.79. The van der Waals surface area contributed by atoms with Gasteiger partial charge >= 0.3 is 35.8 Å². The average molecular weight is 877 g/mol. The number of ether oxygens (including phenoxy) is 8. The predicted molar refractivity (Wildman–Crippen MR) is 226 cm³/mol. The molecule has 4 aliphatic carbocycles.